The normalized spacial score (nSPS) is 12.2. The topological polar surface area (TPSA) is 29.5 Å². The third-order valence-corrected chi connectivity index (χ3v) is 3.58. The first-order valence-corrected chi connectivity index (χ1v) is 6.72. The van der Waals surface area contributed by atoms with Crippen molar-refractivity contribution in [2.24, 2.45) is 0 Å². The van der Waals surface area contributed by atoms with Gasteiger partial charge in [-0.3, -0.25) is 0 Å². The molecule has 0 saturated carbocycles. The lowest BCUT2D eigenvalue weighted by molar-refractivity contribution is 0.178. The molecule has 2 aromatic carbocycles. The van der Waals surface area contributed by atoms with Crippen molar-refractivity contribution in [1.29, 1.82) is 0 Å². The van der Waals surface area contributed by atoms with E-state index in [0.29, 0.717) is 15.6 Å². The fourth-order valence-corrected chi connectivity index (χ4v) is 2.30. The summed E-state index contributed by atoms with van der Waals surface area (Å²) in [4.78, 5) is 0. The number of benzene rings is 2. The Hall–Kier alpha value is -1.29. The predicted octanol–water partition coefficient (Wildman–Crippen LogP) is 4.42. The molecule has 20 heavy (non-hydrogen) atoms. The van der Waals surface area contributed by atoms with E-state index in [1.165, 1.54) is 25.3 Å². The highest BCUT2D eigenvalue weighted by atomic mass is 35.5. The SMILES string of the molecule is COc1cc(C(O)Cc2cc(Cl)ccc2Cl)ccc1F. The van der Waals surface area contributed by atoms with Crippen LogP contribution in [0.1, 0.15) is 17.2 Å². The molecule has 0 fully saturated rings. The summed E-state index contributed by atoms with van der Waals surface area (Å²) in [6, 6.07) is 9.31. The minimum absolute atomic E-state index is 0.0961. The largest absolute Gasteiger partial charge is 0.494 e. The molecule has 1 atom stereocenters. The van der Waals surface area contributed by atoms with Gasteiger partial charge in [-0.1, -0.05) is 29.3 Å². The molecule has 0 aliphatic heterocycles. The van der Waals surface area contributed by atoms with Crippen molar-refractivity contribution in [3.8, 4) is 5.75 Å². The zero-order valence-corrected chi connectivity index (χ0v) is 12.2. The molecule has 5 heteroatoms. The second-order valence-electron chi connectivity index (χ2n) is 4.35. The summed E-state index contributed by atoms with van der Waals surface area (Å²) < 4.78 is 18.2. The van der Waals surface area contributed by atoms with Gasteiger partial charge >= 0.3 is 0 Å². The first-order valence-electron chi connectivity index (χ1n) is 5.96. The summed E-state index contributed by atoms with van der Waals surface area (Å²) in [5.41, 5.74) is 1.29. The fourth-order valence-electron chi connectivity index (χ4n) is 1.91. The van der Waals surface area contributed by atoms with E-state index in [1.807, 2.05) is 0 Å². The molecular formula is C15H13Cl2FO2. The number of aliphatic hydroxyl groups is 1. The van der Waals surface area contributed by atoms with Gasteiger partial charge in [0, 0.05) is 16.5 Å². The van der Waals surface area contributed by atoms with E-state index in [0.717, 1.165) is 5.56 Å². The summed E-state index contributed by atoms with van der Waals surface area (Å²) >= 11 is 12.0. The van der Waals surface area contributed by atoms with Gasteiger partial charge in [-0.05, 0) is 41.5 Å². The highest BCUT2D eigenvalue weighted by Crippen LogP contribution is 2.28. The van der Waals surface area contributed by atoms with Crippen LogP contribution in [0, 0.1) is 5.82 Å². The fraction of sp³-hybridized carbons (Fsp3) is 0.200. The van der Waals surface area contributed by atoms with Crippen molar-refractivity contribution in [2.45, 2.75) is 12.5 Å². The Morgan fingerprint density at radius 2 is 1.95 bits per heavy atom. The Kier molecular flexibility index (Phi) is 4.86. The van der Waals surface area contributed by atoms with Crippen LogP contribution in [0.15, 0.2) is 36.4 Å². The second kappa shape index (κ2) is 6.44. The predicted molar refractivity (Wildman–Crippen MR) is 78.1 cm³/mol. The molecule has 0 radical (unpaired) electrons. The van der Waals surface area contributed by atoms with Crippen LogP contribution in [0.3, 0.4) is 0 Å². The minimum atomic E-state index is -0.819. The van der Waals surface area contributed by atoms with E-state index in [-0.39, 0.29) is 12.2 Å². The maximum absolute atomic E-state index is 13.3. The summed E-state index contributed by atoms with van der Waals surface area (Å²) in [6.07, 6.45) is -0.533. The van der Waals surface area contributed by atoms with Crippen molar-refractivity contribution in [1.82, 2.24) is 0 Å². The van der Waals surface area contributed by atoms with Gasteiger partial charge in [0.25, 0.3) is 0 Å². The van der Waals surface area contributed by atoms with E-state index < -0.39 is 11.9 Å². The molecule has 1 unspecified atom stereocenters. The van der Waals surface area contributed by atoms with Crippen LogP contribution in [0.25, 0.3) is 0 Å². The van der Waals surface area contributed by atoms with Gasteiger partial charge in [-0.25, -0.2) is 4.39 Å². The van der Waals surface area contributed by atoms with E-state index >= 15 is 0 Å². The van der Waals surface area contributed by atoms with Crippen molar-refractivity contribution in [3.63, 3.8) is 0 Å². The second-order valence-corrected chi connectivity index (χ2v) is 5.19. The molecule has 0 aromatic heterocycles. The monoisotopic (exact) mass is 314 g/mol. The van der Waals surface area contributed by atoms with Crippen LogP contribution in [-0.2, 0) is 6.42 Å². The first-order chi connectivity index (χ1) is 9.51. The van der Waals surface area contributed by atoms with Gasteiger partial charge in [0.15, 0.2) is 11.6 Å². The van der Waals surface area contributed by atoms with Crippen LogP contribution in [0.2, 0.25) is 10.0 Å². The lowest BCUT2D eigenvalue weighted by Gasteiger charge is -2.14. The highest BCUT2D eigenvalue weighted by Gasteiger charge is 2.14. The molecule has 0 bridgehead atoms. The third-order valence-electron chi connectivity index (χ3n) is 2.98. The first kappa shape index (κ1) is 15.1. The van der Waals surface area contributed by atoms with Crippen LogP contribution < -0.4 is 4.74 Å². The zero-order chi connectivity index (χ0) is 14.7. The number of halogens is 3. The van der Waals surface area contributed by atoms with Crippen LogP contribution in [0.4, 0.5) is 4.39 Å². The van der Waals surface area contributed by atoms with Gasteiger partial charge in [0.05, 0.1) is 13.2 Å². The van der Waals surface area contributed by atoms with Gasteiger partial charge < -0.3 is 9.84 Å². The number of rotatable bonds is 4. The molecule has 0 aliphatic carbocycles. The lowest BCUT2D eigenvalue weighted by atomic mass is 10.0. The number of hydrogen-bond donors (Lipinski definition) is 1. The summed E-state index contributed by atoms with van der Waals surface area (Å²) in [5, 5.41) is 11.3. The Labute approximate surface area is 126 Å². The molecule has 0 spiro atoms. The molecule has 2 aromatic rings. The average molecular weight is 315 g/mol. The van der Waals surface area contributed by atoms with Crippen molar-refractivity contribution in [3.05, 3.63) is 63.4 Å². The average Bonchev–Trinajstić information content (AvgIpc) is 2.43. The van der Waals surface area contributed by atoms with Gasteiger partial charge in [0.1, 0.15) is 0 Å². The molecule has 2 rings (SSSR count). The molecule has 1 N–H and O–H groups in total. The molecule has 0 aliphatic rings. The Balaban J connectivity index is 2.23. The molecular weight excluding hydrogens is 302 g/mol. The van der Waals surface area contributed by atoms with Crippen LogP contribution >= 0.6 is 23.2 Å². The lowest BCUT2D eigenvalue weighted by Crippen LogP contribution is -2.03. The number of hydrogen-bond acceptors (Lipinski definition) is 2. The Bertz CT molecular complexity index is 617. The Morgan fingerprint density at radius 3 is 2.65 bits per heavy atom. The number of methoxy groups -OCH3 is 1. The summed E-state index contributed by atoms with van der Waals surface area (Å²) in [7, 11) is 1.38. The van der Waals surface area contributed by atoms with E-state index in [9.17, 15) is 9.50 Å². The number of ether oxygens (including phenoxy) is 1. The molecule has 106 valence electrons. The van der Waals surface area contributed by atoms with Crippen molar-refractivity contribution in [2.75, 3.05) is 7.11 Å². The van der Waals surface area contributed by atoms with E-state index in [2.05, 4.69) is 0 Å². The molecule has 0 saturated heterocycles. The highest BCUT2D eigenvalue weighted by molar-refractivity contribution is 6.33. The smallest absolute Gasteiger partial charge is 0.165 e. The zero-order valence-electron chi connectivity index (χ0n) is 10.7. The van der Waals surface area contributed by atoms with Gasteiger partial charge in [-0.2, -0.15) is 0 Å². The molecule has 0 heterocycles. The van der Waals surface area contributed by atoms with Crippen LogP contribution in [-0.4, -0.2) is 12.2 Å². The molecule has 0 amide bonds. The van der Waals surface area contributed by atoms with E-state index in [4.69, 9.17) is 27.9 Å². The molecule has 2 nitrogen and oxygen atoms in total. The third kappa shape index (κ3) is 3.42. The summed E-state index contributed by atoms with van der Waals surface area (Å²) in [6.45, 7) is 0. The quantitative estimate of drug-likeness (QED) is 0.905. The van der Waals surface area contributed by atoms with Crippen molar-refractivity contribution < 1.29 is 14.2 Å². The van der Waals surface area contributed by atoms with Crippen LogP contribution in [0.5, 0.6) is 5.75 Å². The van der Waals surface area contributed by atoms with Gasteiger partial charge in [0.2, 0.25) is 0 Å². The minimum Gasteiger partial charge on any atom is -0.494 e. The standard InChI is InChI=1S/C15H13Cl2FO2/c1-20-15-8-9(2-5-13(15)18)14(19)7-10-6-11(16)3-4-12(10)17/h2-6,8,14,19H,7H2,1H3. The maximum Gasteiger partial charge on any atom is 0.165 e. The van der Waals surface area contributed by atoms with Crippen molar-refractivity contribution >= 4 is 23.2 Å². The van der Waals surface area contributed by atoms with E-state index in [1.54, 1.807) is 18.2 Å². The Morgan fingerprint density at radius 1 is 1.20 bits per heavy atom. The van der Waals surface area contributed by atoms with Gasteiger partial charge in [-0.15, -0.1) is 0 Å². The maximum atomic E-state index is 13.3. The summed E-state index contributed by atoms with van der Waals surface area (Å²) in [5.74, 6) is -0.372. The number of aliphatic hydroxyl groups excluding tert-OH is 1.